The van der Waals surface area contributed by atoms with Crippen molar-refractivity contribution in [2.75, 3.05) is 31.5 Å². The van der Waals surface area contributed by atoms with Crippen LogP contribution in [0.4, 0.5) is 5.69 Å². The Kier molecular flexibility index (Phi) is 5.58. The van der Waals surface area contributed by atoms with Crippen LogP contribution in [0.1, 0.15) is 19.4 Å². The van der Waals surface area contributed by atoms with Crippen molar-refractivity contribution in [3.63, 3.8) is 0 Å². The number of aryl methyl sites for hydroxylation is 1. The van der Waals surface area contributed by atoms with Crippen molar-refractivity contribution in [2.24, 2.45) is 0 Å². The van der Waals surface area contributed by atoms with E-state index in [9.17, 15) is 9.59 Å². The molecule has 2 amide bonds. The lowest BCUT2D eigenvalue weighted by atomic mass is 10.2. The highest BCUT2D eigenvalue weighted by Gasteiger charge is 2.30. The van der Waals surface area contributed by atoms with Crippen LogP contribution in [0.25, 0.3) is 0 Å². The number of piperazine rings is 1. The third kappa shape index (κ3) is 4.08. The summed E-state index contributed by atoms with van der Waals surface area (Å²) < 4.78 is 0.893. The van der Waals surface area contributed by atoms with Crippen molar-refractivity contribution in [3.05, 3.63) is 28.2 Å². The lowest BCUT2D eigenvalue weighted by Crippen LogP contribution is -3.19. The molecular formula is C16H23BrN3O2+. The summed E-state index contributed by atoms with van der Waals surface area (Å²) in [7, 11) is 0. The van der Waals surface area contributed by atoms with Gasteiger partial charge in [0.15, 0.2) is 6.04 Å². The predicted molar refractivity (Wildman–Crippen MR) is 89.9 cm³/mol. The van der Waals surface area contributed by atoms with Gasteiger partial charge in [0.1, 0.15) is 0 Å². The average Bonchev–Trinajstić information content (AvgIpc) is 2.49. The zero-order valence-electron chi connectivity index (χ0n) is 13.3. The van der Waals surface area contributed by atoms with Crippen molar-refractivity contribution in [1.29, 1.82) is 0 Å². The highest BCUT2D eigenvalue weighted by molar-refractivity contribution is 9.10. The predicted octanol–water partition coefficient (Wildman–Crippen LogP) is 0.832. The number of hydrogen-bond donors (Lipinski definition) is 2. The largest absolute Gasteiger partial charge is 0.332 e. The fourth-order valence-corrected chi connectivity index (χ4v) is 3.28. The van der Waals surface area contributed by atoms with Gasteiger partial charge in [-0.25, -0.2) is 0 Å². The first-order valence-corrected chi connectivity index (χ1v) is 8.35. The molecule has 0 saturated carbocycles. The summed E-state index contributed by atoms with van der Waals surface area (Å²) in [5.74, 6) is 0.121. The number of halogens is 1. The van der Waals surface area contributed by atoms with Crippen LogP contribution < -0.4 is 10.2 Å². The molecule has 0 bridgehead atoms. The fourth-order valence-electron chi connectivity index (χ4n) is 2.69. The molecular weight excluding hydrogens is 346 g/mol. The molecule has 2 rings (SSSR count). The van der Waals surface area contributed by atoms with E-state index >= 15 is 0 Å². The number of amides is 2. The molecule has 0 spiro atoms. The van der Waals surface area contributed by atoms with Crippen LogP contribution in [0.3, 0.4) is 0 Å². The third-order valence-electron chi connectivity index (χ3n) is 4.24. The molecule has 0 aromatic heterocycles. The zero-order chi connectivity index (χ0) is 16.3. The van der Waals surface area contributed by atoms with E-state index in [0.717, 1.165) is 41.9 Å². The number of benzene rings is 1. The minimum atomic E-state index is -0.137. The Labute approximate surface area is 139 Å². The van der Waals surface area contributed by atoms with E-state index in [1.807, 2.05) is 36.9 Å². The quantitative estimate of drug-likeness (QED) is 0.830. The number of anilines is 1. The van der Waals surface area contributed by atoms with Gasteiger partial charge in [-0.2, -0.15) is 0 Å². The summed E-state index contributed by atoms with van der Waals surface area (Å²) in [6, 6.07) is 5.73. The lowest BCUT2D eigenvalue weighted by molar-refractivity contribution is -0.917. The van der Waals surface area contributed by atoms with E-state index in [0.29, 0.717) is 0 Å². The molecule has 1 atom stereocenters. The van der Waals surface area contributed by atoms with E-state index in [1.165, 1.54) is 4.90 Å². The van der Waals surface area contributed by atoms with Crippen molar-refractivity contribution >= 4 is 33.4 Å². The van der Waals surface area contributed by atoms with Gasteiger partial charge >= 0.3 is 0 Å². The number of rotatable bonds is 3. The summed E-state index contributed by atoms with van der Waals surface area (Å²) in [4.78, 5) is 26.8. The van der Waals surface area contributed by atoms with Crippen LogP contribution in [-0.2, 0) is 9.59 Å². The number of carbonyl (C=O) groups excluding carboxylic acids is 2. The molecule has 1 fully saturated rings. The molecule has 1 saturated heterocycles. The SMILES string of the molecule is CC(=O)N1CC[NH+]([C@H](C)C(=O)Nc2ccc(C)cc2Br)CC1. The van der Waals surface area contributed by atoms with Crippen LogP contribution in [-0.4, -0.2) is 48.9 Å². The molecule has 0 radical (unpaired) electrons. The number of hydrogen-bond acceptors (Lipinski definition) is 2. The van der Waals surface area contributed by atoms with E-state index in [-0.39, 0.29) is 17.9 Å². The van der Waals surface area contributed by atoms with E-state index in [2.05, 4.69) is 21.2 Å². The molecule has 1 aromatic carbocycles. The molecule has 0 aliphatic carbocycles. The summed E-state index contributed by atoms with van der Waals surface area (Å²) >= 11 is 3.48. The van der Waals surface area contributed by atoms with Crippen molar-refractivity contribution in [2.45, 2.75) is 26.8 Å². The topological polar surface area (TPSA) is 53.9 Å². The van der Waals surface area contributed by atoms with Gasteiger partial charge in [0.2, 0.25) is 5.91 Å². The summed E-state index contributed by atoms with van der Waals surface area (Å²) in [6.45, 7) is 8.60. The molecule has 1 heterocycles. The molecule has 2 N–H and O–H groups in total. The van der Waals surface area contributed by atoms with Crippen molar-refractivity contribution in [3.8, 4) is 0 Å². The first kappa shape index (κ1) is 17.0. The van der Waals surface area contributed by atoms with Gasteiger partial charge in [0.25, 0.3) is 5.91 Å². The van der Waals surface area contributed by atoms with Crippen molar-refractivity contribution < 1.29 is 14.5 Å². The molecule has 0 unspecified atom stereocenters. The second kappa shape index (κ2) is 7.24. The van der Waals surface area contributed by atoms with Gasteiger partial charge in [-0.1, -0.05) is 6.07 Å². The van der Waals surface area contributed by atoms with Gasteiger partial charge in [-0.3, -0.25) is 9.59 Å². The lowest BCUT2D eigenvalue weighted by Gasteiger charge is -2.34. The van der Waals surface area contributed by atoms with Gasteiger partial charge in [-0.05, 0) is 47.5 Å². The Morgan fingerprint density at radius 1 is 1.32 bits per heavy atom. The summed E-state index contributed by atoms with van der Waals surface area (Å²) in [6.07, 6.45) is 0. The zero-order valence-corrected chi connectivity index (χ0v) is 14.9. The standard InChI is InChI=1S/C16H22BrN3O2/c1-11-4-5-15(14(17)10-11)18-16(22)12(2)19-6-8-20(9-7-19)13(3)21/h4-5,10,12H,6-9H2,1-3H3,(H,18,22)/p+1/t12-/m1/s1. The van der Waals surface area contributed by atoms with Gasteiger partial charge in [0, 0.05) is 11.4 Å². The third-order valence-corrected chi connectivity index (χ3v) is 4.90. The Hall–Kier alpha value is -1.40. The minimum Gasteiger partial charge on any atom is -0.332 e. The molecule has 6 heteroatoms. The monoisotopic (exact) mass is 368 g/mol. The summed E-state index contributed by atoms with van der Waals surface area (Å²) in [5.41, 5.74) is 1.94. The van der Waals surface area contributed by atoms with Crippen LogP contribution in [0.2, 0.25) is 0 Å². The number of quaternary nitrogens is 1. The normalized spacial score (nSPS) is 17.2. The average molecular weight is 369 g/mol. The Morgan fingerprint density at radius 2 is 1.95 bits per heavy atom. The highest BCUT2D eigenvalue weighted by Crippen LogP contribution is 2.23. The highest BCUT2D eigenvalue weighted by atomic mass is 79.9. The number of carbonyl (C=O) groups is 2. The summed E-state index contributed by atoms with van der Waals surface area (Å²) in [5, 5.41) is 2.98. The molecule has 1 aliphatic heterocycles. The molecule has 5 nitrogen and oxygen atoms in total. The molecule has 22 heavy (non-hydrogen) atoms. The van der Waals surface area contributed by atoms with E-state index in [4.69, 9.17) is 0 Å². The van der Waals surface area contributed by atoms with Crippen molar-refractivity contribution in [1.82, 2.24) is 4.90 Å². The van der Waals surface area contributed by atoms with Crippen LogP contribution in [0.15, 0.2) is 22.7 Å². The maximum atomic E-state index is 12.4. The van der Waals surface area contributed by atoms with Gasteiger partial charge in [0.05, 0.1) is 31.9 Å². The maximum Gasteiger partial charge on any atom is 0.282 e. The first-order chi connectivity index (χ1) is 10.4. The second-order valence-electron chi connectivity index (χ2n) is 5.86. The van der Waals surface area contributed by atoms with E-state index in [1.54, 1.807) is 6.92 Å². The Bertz CT molecular complexity index is 569. The number of nitrogens with zero attached hydrogens (tertiary/aromatic N) is 1. The minimum absolute atomic E-state index is 0.0100. The maximum absolute atomic E-state index is 12.4. The smallest absolute Gasteiger partial charge is 0.282 e. The fraction of sp³-hybridized carbons (Fsp3) is 0.500. The Balaban J connectivity index is 1.94. The van der Waals surface area contributed by atoms with Crippen LogP contribution >= 0.6 is 15.9 Å². The van der Waals surface area contributed by atoms with Crippen LogP contribution in [0, 0.1) is 6.92 Å². The molecule has 1 aromatic rings. The molecule has 1 aliphatic rings. The molecule has 120 valence electrons. The second-order valence-corrected chi connectivity index (χ2v) is 6.71. The van der Waals surface area contributed by atoms with Crippen LogP contribution in [0.5, 0.6) is 0 Å². The Morgan fingerprint density at radius 3 is 2.50 bits per heavy atom. The number of nitrogens with one attached hydrogen (secondary N) is 2. The van der Waals surface area contributed by atoms with E-state index < -0.39 is 0 Å². The first-order valence-electron chi connectivity index (χ1n) is 7.55. The van der Waals surface area contributed by atoms with Gasteiger partial charge in [-0.15, -0.1) is 0 Å². The van der Waals surface area contributed by atoms with Gasteiger partial charge < -0.3 is 15.1 Å².